The zero-order valence-electron chi connectivity index (χ0n) is 65.3. The van der Waals surface area contributed by atoms with Crippen molar-refractivity contribution in [1.29, 1.82) is 10.5 Å². The normalized spacial score (nSPS) is 22.5. The third-order valence-corrected chi connectivity index (χ3v) is 23.3. The Morgan fingerprint density at radius 1 is 0.451 bits per heavy atom. The average molecular weight is 1550 g/mol. The van der Waals surface area contributed by atoms with Crippen molar-refractivity contribution in [1.82, 2.24) is 39.6 Å². The lowest BCUT2D eigenvalue weighted by molar-refractivity contribution is -0.144. The molecule has 0 amide bonds. The second-order valence-corrected chi connectivity index (χ2v) is 31.3. The van der Waals surface area contributed by atoms with E-state index in [-0.39, 0.29) is 53.8 Å². The molecular formula is C87H112FN13O12. The number of pyridine rings is 5. The van der Waals surface area contributed by atoms with Crippen LogP contribution in [0.1, 0.15) is 250 Å². The molecule has 5 aromatic heterocycles. The summed E-state index contributed by atoms with van der Waals surface area (Å²) in [6.45, 7) is 10.4. The third kappa shape index (κ3) is 22.5. The summed E-state index contributed by atoms with van der Waals surface area (Å²) in [7, 11) is 0. The number of rotatable bonds is 30. The predicted molar refractivity (Wildman–Crippen MR) is 423 cm³/mol. The van der Waals surface area contributed by atoms with Gasteiger partial charge in [-0.1, -0.05) is 36.4 Å². The molecule has 9 aliphatic rings. The van der Waals surface area contributed by atoms with Crippen molar-refractivity contribution < 1.29 is 62.5 Å². The Morgan fingerprint density at radius 3 is 1.17 bits per heavy atom. The molecule has 0 aliphatic carbocycles. The van der Waals surface area contributed by atoms with E-state index in [1.54, 1.807) is 30.3 Å². The largest absolute Gasteiger partial charge is 0.480 e. The topological polar surface area (TPSA) is 325 Å². The number of nitrogens with zero attached hydrogens (tertiary/aromatic N) is 10. The number of anilines is 3. The Morgan fingerprint density at radius 2 is 0.814 bits per heavy atom. The van der Waals surface area contributed by atoms with Gasteiger partial charge in [-0.05, 0) is 244 Å². The van der Waals surface area contributed by atoms with Gasteiger partial charge in [0.15, 0.2) is 0 Å². The molecule has 6 N–H and O–H groups in total. The Hall–Kier alpha value is -8.67. The van der Waals surface area contributed by atoms with Crippen LogP contribution in [0.4, 0.5) is 21.8 Å². The van der Waals surface area contributed by atoms with Gasteiger partial charge < -0.3 is 59.7 Å². The summed E-state index contributed by atoms with van der Waals surface area (Å²) in [4.78, 5) is 66.6. The average Bonchev–Trinajstić information content (AvgIpc) is 1.78. The van der Waals surface area contributed by atoms with Crippen LogP contribution in [0.5, 0.6) is 0 Å². The Bertz CT molecular complexity index is 4060. The van der Waals surface area contributed by atoms with Gasteiger partial charge in [0.2, 0.25) is 0 Å². The van der Waals surface area contributed by atoms with Gasteiger partial charge in [0.25, 0.3) is 0 Å². The summed E-state index contributed by atoms with van der Waals surface area (Å²) in [5.74, 6) is 0.0122. The van der Waals surface area contributed by atoms with Crippen molar-refractivity contribution in [3.63, 3.8) is 0 Å². The maximum absolute atomic E-state index is 14.1. The van der Waals surface area contributed by atoms with Crippen LogP contribution in [0.25, 0.3) is 0 Å². The molecule has 113 heavy (non-hydrogen) atoms. The molecule has 0 spiro atoms. The highest BCUT2D eigenvalue weighted by molar-refractivity contribution is 5.77. The summed E-state index contributed by atoms with van der Waals surface area (Å²) in [5, 5.41) is 59.5. The third-order valence-electron chi connectivity index (χ3n) is 23.3. The maximum Gasteiger partial charge on any atom is 0.325 e. The Labute approximate surface area is 663 Å². The Kier molecular flexibility index (Phi) is 30.3. The number of fused-ring (bicyclic) bond motifs is 3. The lowest BCUT2D eigenvalue weighted by Gasteiger charge is -2.30. The molecular weight excluding hydrogens is 1440 g/mol. The summed E-state index contributed by atoms with van der Waals surface area (Å²) in [5.41, 5.74) is 11.6. The van der Waals surface area contributed by atoms with E-state index >= 15 is 0 Å². The van der Waals surface area contributed by atoms with Gasteiger partial charge in [0, 0.05) is 127 Å². The van der Waals surface area contributed by atoms with E-state index in [2.05, 4.69) is 74.5 Å². The fourth-order valence-corrected chi connectivity index (χ4v) is 17.4. The van der Waals surface area contributed by atoms with E-state index in [1.807, 2.05) is 14.7 Å². The van der Waals surface area contributed by atoms with E-state index in [0.29, 0.717) is 113 Å². The number of carbonyl (C=O) groups is 3. The van der Waals surface area contributed by atoms with Gasteiger partial charge in [-0.15, -0.1) is 0 Å². The van der Waals surface area contributed by atoms with Crippen molar-refractivity contribution >= 4 is 35.4 Å². The van der Waals surface area contributed by atoms with Gasteiger partial charge in [0.1, 0.15) is 64.9 Å². The molecule has 0 bridgehead atoms. The van der Waals surface area contributed by atoms with E-state index in [9.17, 15) is 44.6 Å². The van der Waals surface area contributed by atoms with Gasteiger partial charge >= 0.3 is 17.9 Å². The highest BCUT2D eigenvalue weighted by Gasteiger charge is 2.41. The monoisotopic (exact) mass is 1550 g/mol. The second-order valence-electron chi connectivity index (χ2n) is 31.3. The first-order chi connectivity index (χ1) is 55.3. The van der Waals surface area contributed by atoms with Crippen molar-refractivity contribution in [3.05, 3.63) is 163 Å². The van der Waals surface area contributed by atoms with Crippen LogP contribution in [0.15, 0.2) is 78.9 Å². The lowest BCUT2D eigenvalue weighted by Crippen LogP contribution is -2.35. The molecule has 6 saturated heterocycles. The number of benzene rings is 1. The molecule has 26 heteroatoms. The van der Waals surface area contributed by atoms with E-state index in [0.717, 1.165) is 228 Å². The van der Waals surface area contributed by atoms with Crippen molar-refractivity contribution in [3.8, 4) is 12.1 Å². The number of ether oxygens (including phenoxy) is 6. The predicted octanol–water partition coefficient (Wildman–Crippen LogP) is 13.4. The number of carboxylic acid groups (broad SMARTS) is 3. The number of hydrogen-bond acceptors (Lipinski definition) is 22. The molecule has 14 heterocycles. The number of nitriles is 2. The number of carboxylic acids is 3. The minimum Gasteiger partial charge on any atom is -0.480 e. The second kappa shape index (κ2) is 41.6. The molecule has 6 aromatic rings. The van der Waals surface area contributed by atoms with Crippen molar-refractivity contribution in [2.24, 2.45) is 0 Å². The van der Waals surface area contributed by atoms with Crippen molar-refractivity contribution in [2.45, 2.75) is 228 Å². The Balaban J connectivity index is 0.000000148. The highest BCUT2D eigenvalue weighted by atomic mass is 19.1. The van der Waals surface area contributed by atoms with Gasteiger partial charge in [-0.2, -0.15) is 10.5 Å². The molecule has 15 rings (SSSR count). The summed E-state index contributed by atoms with van der Waals surface area (Å²) in [6, 6.07) is 25.8. The van der Waals surface area contributed by atoms with Crippen LogP contribution in [0.3, 0.4) is 0 Å². The summed E-state index contributed by atoms with van der Waals surface area (Å²) in [6.07, 6.45) is 25.3. The quantitative estimate of drug-likeness (QED) is 0.0228. The molecule has 1 aromatic carbocycles. The minimum atomic E-state index is -0.920. The molecule has 0 radical (unpaired) electrons. The van der Waals surface area contributed by atoms with Gasteiger partial charge in [-0.25, -0.2) is 29.3 Å². The molecule has 0 saturated carbocycles. The number of halogens is 1. The maximum atomic E-state index is 14.1. The lowest BCUT2D eigenvalue weighted by atomic mass is 9.92. The van der Waals surface area contributed by atoms with E-state index < -0.39 is 36.0 Å². The van der Waals surface area contributed by atoms with E-state index in [4.69, 9.17) is 43.4 Å². The van der Waals surface area contributed by atoms with Crippen LogP contribution in [-0.4, -0.2) is 190 Å². The van der Waals surface area contributed by atoms with Gasteiger partial charge in [0.05, 0.1) is 48.0 Å². The zero-order valence-corrected chi connectivity index (χ0v) is 65.3. The number of aryl methyl sites for hydroxylation is 6. The fourth-order valence-electron chi connectivity index (χ4n) is 17.4. The van der Waals surface area contributed by atoms with Crippen LogP contribution >= 0.6 is 0 Å². The number of aliphatic carboxylic acids is 3. The van der Waals surface area contributed by atoms with E-state index in [1.165, 1.54) is 28.8 Å². The summed E-state index contributed by atoms with van der Waals surface area (Å²) < 4.78 is 50.4. The zero-order chi connectivity index (χ0) is 78.3. The number of unbranched alkanes of at least 4 members (excludes halogenated alkanes) is 3. The van der Waals surface area contributed by atoms with Crippen LogP contribution in [0.2, 0.25) is 0 Å². The molecule has 6 fully saturated rings. The highest BCUT2D eigenvalue weighted by Crippen LogP contribution is 2.41. The molecule has 25 nitrogen and oxygen atoms in total. The molecule has 9 atom stereocenters. The first-order valence-electron chi connectivity index (χ1n) is 41.7. The van der Waals surface area contributed by atoms with Crippen LogP contribution in [-0.2, 0) is 81.3 Å². The number of hydrogen-bond donors (Lipinski definition) is 6. The standard InChI is InChI=1S/C29H38FN3O4.2C29H37N5O4/c30-21-10-12-24(25(18-21)26-8-2-4-17-37-26)27(29(34)35)33-15-13-23(19-33)36-16-3-1-7-22-11-9-20-6-5-14-31-28(20)32-22;2*30-18-22-11-12-24(26(32-22)25-8-2-4-17-38-25)27(29(35)36)34-15-13-23(19-34)37-16-3-1-7-21-10-9-20-6-5-14-31-28(20)33-21/h9-12,18,23,26-27H,1-8,13-17,19H2,(H,31,32)(H,34,35);2*9-12,23,25,27H,1-8,13-17,19H2,(H,31,33)(H,35,36)/t23-,26?,27+;23-,25?,27+;23-,25?,27-/m111/s1. The first kappa shape index (κ1) is 82.3. The smallest absolute Gasteiger partial charge is 0.325 e. The van der Waals surface area contributed by atoms with Crippen LogP contribution < -0.4 is 16.0 Å². The van der Waals surface area contributed by atoms with Gasteiger partial charge in [-0.3, -0.25) is 29.1 Å². The SMILES string of the molecule is N#Cc1ccc([C@@H](C(=O)O)N2CC[C@@H](OCCCCc3ccc4c(n3)NCCC4)C2)c(C2CCCCO2)n1.N#Cc1ccc([C@H](C(=O)O)N2CC[C@@H](OCCCCc3ccc4c(n3)NCCC4)C2)c(C2CCCCO2)n1.O=C(O)[C@H](c1ccc(F)cc1C1CCCCO1)N1CC[C@@H](OCCCCc2ccc3c(n2)NCCC3)C1. The first-order valence-corrected chi connectivity index (χ1v) is 41.7. The molecule has 604 valence electrons. The molecule has 9 aliphatic heterocycles. The van der Waals surface area contributed by atoms with Crippen LogP contribution in [0, 0.1) is 28.5 Å². The number of aromatic nitrogens is 5. The minimum absolute atomic E-state index is 0.00254. The van der Waals surface area contributed by atoms with Crippen molar-refractivity contribution in [2.75, 3.05) is 114 Å². The fraction of sp³-hybridized carbons (Fsp3) is 0.586. The molecule has 3 unspecified atom stereocenters. The number of nitrogens with one attached hydrogen (secondary N) is 3. The number of likely N-dealkylation sites (tertiary alicyclic amines) is 3. The summed E-state index contributed by atoms with van der Waals surface area (Å²) >= 11 is 0.